The minimum absolute atomic E-state index is 0.344. The van der Waals surface area contributed by atoms with E-state index >= 15 is 0 Å². The summed E-state index contributed by atoms with van der Waals surface area (Å²) in [6.07, 6.45) is 1.18. The lowest BCUT2D eigenvalue weighted by Crippen LogP contribution is -1.98. The fourth-order valence-electron chi connectivity index (χ4n) is 0.960. The van der Waals surface area contributed by atoms with E-state index in [1.165, 1.54) is 18.0 Å². The standard InChI is InChI=1S/C9H8FN3S2/c1-11-9-12-5-6(10)8(13-9)15-7-3-2-4-14-7/h2-5H,1H3,(H,11,12,13). The van der Waals surface area contributed by atoms with E-state index in [2.05, 4.69) is 15.3 Å². The molecule has 1 N–H and O–H groups in total. The van der Waals surface area contributed by atoms with Crippen molar-refractivity contribution >= 4 is 29.0 Å². The summed E-state index contributed by atoms with van der Waals surface area (Å²) < 4.78 is 14.3. The lowest BCUT2D eigenvalue weighted by atomic mass is 10.6. The van der Waals surface area contributed by atoms with Crippen LogP contribution in [0.2, 0.25) is 0 Å². The van der Waals surface area contributed by atoms with Crippen LogP contribution in [0.1, 0.15) is 0 Å². The van der Waals surface area contributed by atoms with Gasteiger partial charge in [-0.15, -0.1) is 11.3 Å². The summed E-state index contributed by atoms with van der Waals surface area (Å²) in [4.78, 5) is 7.82. The first-order chi connectivity index (χ1) is 7.29. The molecular formula is C9H8FN3S2. The Balaban J connectivity index is 2.27. The largest absolute Gasteiger partial charge is 0.357 e. The number of rotatable bonds is 3. The van der Waals surface area contributed by atoms with Crippen molar-refractivity contribution in [3.05, 3.63) is 29.5 Å². The van der Waals surface area contributed by atoms with Gasteiger partial charge < -0.3 is 5.32 Å². The molecule has 6 heteroatoms. The number of hydrogen-bond acceptors (Lipinski definition) is 5. The van der Waals surface area contributed by atoms with Gasteiger partial charge in [0.05, 0.1) is 10.4 Å². The molecule has 0 amide bonds. The molecular weight excluding hydrogens is 233 g/mol. The lowest BCUT2D eigenvalue weighted by molar-refractivity contribution is 0.580. The molecule has 0 aliphatic rings. The number of thiophene rings is 1. The van der Waals surface area contributed by atoms with Crippen LogP contribution in [-0.4, -0.2) is 17.0 Å². The van der Waals surface area contributed by atoms with Crippen molar-refractivity contribution in [2.24, 2.45) is 0 Å². The van der Waals surface area contributed by atoms with Gasteiger partial charge >= 0.3 is 0 Å². The summed E-state index contributed by atoms with van der Waals surface area (Å²) in [7, 11) is 1.70. The quantitative estimate of drug-likeness (QED) is 0.838. The summed E-state index contributed by atoms with van der Waals surface area (Å²) >= 11 is 2.86. The average molecular weight is 241 g/mol. The Morgan fingerprint density at radius 1 is 1.53 bits per heavy atom. The lowest BCUT2D eigenvalue weighted by Gasteiger charge is -2.02. The van der Waals surface area contributed by atoms with Crippen LogP contribution in [0.25, 0.3) is 0 Å². The van der Waals surface area contributed by atoms with Gasteiger partial charge in [0, 0.05) is 7.05 Å². The summed E-state index contributed by atoms with van der Waals surface area (Å²) in [5.41, 5.74) is 0. The minimum Gasteiger partial charge on any atom is -0.357 e. The van der Waals surface area contributed by atoms with Crippen LogP contribution < -0.4 is 5.32 Å². The van der Waals surface area contributed by atoms with Gasteiger partial charge in [0.1, 0.15) is 5.03 Å². The third kappa shape index (κ3) is 2.45. The van der Waals surface area contributed by atoms with Crippen molar-refractivity contribution in [3.63, 3.8) is 0 Å². The Morgan fingerprint density at radius 3 is 3.07 bits per heavy atom. The first-order valence-electron chi connectivity index (χ1n) is 4.21. The van der Waals surface area contributed by atoms with Gasteiger partial charge in [-0.05, 0) is 11.4 Å². The molecule has 2 aromatic rings. The molecule has 15 heavy (non-hydrogen) atoms. The van der Waals surface area contributed by atoms with E-state index < -0.39 is 5.82 Å². The molecule has 3 nitrogen and oxygen atoms in total. The average Bonchev–Trinajstić information content (AvgIpc) is 2.74. The van der Waals surface area contributed by atoms with E-state index in [1.807, 2.05) is 17.5 Å². The van der Waals surface area contributed by atoms with Gasteiger partial charge in [-0.25, -0.2) is 14.4 Å². The molecule has 0 aliphatic heterocycles. The molecule has 2 rings (SSSR count). The van der Waals surface area contributed by atoms with Crippen molar-refractivity contribution < 1.29 is 4.39 Å². The van der Waals surface area contributed by atoms with Gasteiger partial charge in [0.2, 0.25) is 5.95 Å². The van der Waals surface area contributed by atoms with E-state index in [1.54, 1.807) is 18.4 Å². The highest BCUT2D eigenvalue weighted by atomic mass is 32.2. The summed E-state index contributed by atoms with van der Waals surface area (Å²) in [5.74, 6) is 0.0304. The first kappa shape index (κ1) is 10.4. The Hall–Kier alpha value is -1.14. The van der Waals surface area contributed by atoms with Crippen LogP contribution in [0.3, 0.4) is 0 Å². The molecule has 0 saturated heterocycles. The SMILES string of the molecule is CNc1ncc(F)c(Sc2cccs2)n1. The summed E-state index contributed by atoms with van der Waals surface area (Å²) in [6.45, 7) is 0. The normalized spacial score (nSPS) is 10.3. The second-order valence-corrected chi connectivity index (χ2v) is 4.87. The van der Waals surface area contributed by atoms with Crippen LogP contribution in [0.4, 0.5) is 10.3 Å². The fraction of sp³-hybridized carbons (Fsp3) is 0.111. The van der Waals surface area contributed by atoms with E-state index in [0.717, 1.165) is 4.21 Å². The molecule has 0 fully saturated rings. The number of nitrogens with one attached hydrogen (secondary N) is 1. The molecule has 0 bridgehead atoms. The second-order valence-electron chi connectivity index (χ2n) is 2.63. The highest BCUT2D eigenvalue weighted by Crippen LogP contribution is 2.31. The predicted molar refractivity (Wildman–Crippen MR) is 60.0 cm³/mol. The van der Waals surface area contributed by atoms with Gasteiger partial charge in [0.15, 0.2) is 5.82 Å². The zero-order valence-corrected chi connectivity index (χ0v) is 9.53. The molecule has 0 radical (unpaired) electrons. The van der Waals surface area contributed by atoms with Crippen molar-refractivity contribution in [1.29, 1.82) is 0 Å². The van der Waals surface area contributed by atoms with Gasteiger partial charge in [0.25, 0.3) is 0 Å². The fourth-order valence-corrected chi connectivity index (χ4v) is 2.62. The van der Waals surface area contributed by atoms with Crippen LogP contribution in [0, 0.1) is 5.82 Å². The molecule has 0 unspecified atom stereocenters. The Bertz CT molecular complexity index is 445. The second kappa shape index (κ2) is 4.59. The summed E-state index contributed by atoms with van der Waals surface area (Å²) in [5, 5.41) is 5.06. The zero-order chi connectivity index (χ0) is 10.7. The van der Waals surface area contributed by atoms with Crippen LogP contribution in [0.5, 0.6) is 0 Å². The third-order valence-electron chi connectivity index (χ3n) is 1.63. The number of aromatic nitrogens is 2. The van der Waals surface area contributed by atoms with E-state index in [-0.39, 0.29) is 0 Å². The Morgan fingerprint density at radius 2 is 2.40 bits per heavy atom. The number of nitrogens with zero attached hydrogens (tertiary/aromatic N) is 2. The highest BCUT2D eigenvalue weighted by molar-refractivity contribution is 8.01. The van der Waals surface area contributed by atoms with E-state index in [9.17, 15) is 4.39 Å². The highest BCUT2D eigenvalue weighted by Gasteiger charge is 2.08. The Labute approximate surface area is 94.8 Å². The molecule has 2 aromatic heterocycles. The smallest absolute Gasteiger partial charge is 0.223 e. The maximum Gasteiger partial charge on any atom is 0.223 e. The molecule has 0 spiro atoms. The van der Waals surface area contributed by atoms with E-state index in [4.69, 9.17) is 0 Å². The predicted octanol–water partition coefficient (Wildman–Crippen LogP) is 2.87. The topological polar surface area (TPSA) is 37.8 Å². The van der Waals surface area contributed by atoms with Crippen LogP contribution in [0.15, 0.2) is 32.9 Å². The molecule has 0 aromatic carbocycles. The minimum atomic E-state index is -0.396. The molecule has 78 valence electrons. The van der Waals surface area contributed by atoms with Crippen molar-refractivity contribution in [2.45, 2.75) is 9.24 Å². The Kier molecular flexibility index (Phi) is 3.17. The van der Waals surface area contributed by atoms with Crippen molar-refractivity contribution in [2.75, 3.05) is 12.4 Å². The molecule has 0 aliphatic carbocycles. The van der Waals surface area contributed by atoms with E-state index in [0.29, 0.717) is 11.0 Å². The number of hydrogen-bond donors (Lipinski definition) is 1. The van der Waals surface area contributed by atoms with Crippen molar-refractivity contribution in [1.82, 2.24) is 9.97 Å². The van der Waals surface area contributed by atoms with Crippen molar-refractivity contribution in [3.8, 4) is 0 Å². The number of anilines is 1. The third-order valence-corrected chi connectivity index (χ3v) is 3.65. The summed E-state index contributed by atoms with van der Waals surface area (Å²) in [6, 6.07) is 3.85. The number of halogens is 1. The maximum atomic E-state index is 13.3. The first-order valence-corrected chi connectivity index (χ1v) is 5.91. The molecule has 2 heterocycles. The van der Waals surface area contributed by atoms with Crippen LogP contribution >= 0.6 is 23.1 Å². The van der Waals surface area contributed by atoms with Crippen LogP contribution in [-0.2, 0) is 0 Å². The zero-order valence-electron chi connectivity index (χ0n) is 7.90. The monoisotopic (exact) mass is 241 g/mol. The maximum absolute atomic E-state index is 13.3. The van der Waals surface area contributed by atoms with Gasteiger partial charge in [-0.3, -0.25) is 0 Å². The molecule has 0 saturated carbocycles. The molecule has 0 atom stereocenters. The van der Waals surface area contributed by atoms with Gasteiger partial charge in [-0.1, -0.05) is 17.8 Å². The van der Waals surface area contributed by atoms with Gasteiger partial charge in [-0.2, -0.15) is 0 Å².